The Labute approximate surface area is 171 Å². The van der Waals surface area contributed by atoms with Crippen LogP contribution < -0.4 is 10.1 Å². The molecule has 0 radical (unpaired) electrons. The summed E-state index contributed by atoms with van der Waals surface area (Å²) in [6.07, 6.45) is 4.69. The van der Waals surface area contributed by atoms with Gasteiger partial charge in [-0.15, -0.1) is 0 Å². The number of carbonyl (C=O) groups is 1. The molecule has 0 saturated carbocycles. The van der Waals surface area contributed by atoms with Crippen molar-refractivity contribution < 1.29 is 14.3 Å². The van der Waals surface area contributed by atoms with E-state index in [1.54, 1.807) is 6.07 Å². The number of hydrogen-bond acceptors (Lipinski definition) is 4. The Hall–Kier alpha value is -2.86. The molecule has 29 heavy (non-hydrogen) atoms. The zero-order valence-corrected chi connectivity index (χ0v) is 17.4. The Morgan fingerprint density at radius 1 is 1.21 bits per heavy atom. The number of nitrogens with one attached hydrogen (secondary N) is 1. The zero-order valence-electron chi connectivity index (χ0n) is 17.4. The topological polar surface area (TPSA) is 64.9 Å². The Kier molecular flexibility index (Phi) is 7.25. The summed E-state index contributed by atoms with van der Waals surface area (Å²) < 4.78 is 13.4. The average molecular weight is 396 g/mol. The van der Waals surface area contributed by atoms with Gasteiger partial charge in [-0.05, 0) is 43.0 Å². The van der Waals surface area contributed by atoms with Crippen LogP contribution in [0.2, 0.25) is 0 Å². The monoisotopic (exact) mass is 395 g/mol. The van der Waals surface area contributed by atoms with Crippen LogP contribution >= 0.6 is 0 Å². The van der Waals surface area contributed by atoms with Crippen LogP contribution in [0, 0.1) is 12.8 Å². The number of aryl methyl sites for hydroxylation is 1. The summed E-state index contributed by atoms with van der Waals surface area (Å²) in [5, 5.41) is 2.94. The second-order valence-electron chi connectivity index (χ2n) is 7.52. The van der Waals surface area contributed by atoms with Gasteiger partial charge in [0.1, 0.15) is 18.0 Å². The number of carbonyl (C=O) groups excluding carboxylic acids is 1. The molecule has 0 atom stereocenters. The van der Waals surface area contributed by atoms with E-state index in [2.05, 4.69) is 24.1 Å². The Morgan fingerprint density at radius 3 is 2.83 bits per heavy atom. The molecule has 0 unspecified atom stereocenters. The highest BCUT2D eigenvalue weighted by Gasteiger charge is 2.12. The number of benzene rings is 1. The van der Waals surface area contributed by atoms with Gasteiger partial charge in [0.05, 0.1) is 11.3 Å². The highest BCUT2D eigenvalue weighted by molar-refractivity contribution is 5.96. The summed E-state index contributed by atoms with van der Waals surface area (Å²) in [6, 6.07) is 11.3. The van der Waals surface area contributed by atoms with Gasteiger partial charge in [0.25, 0.3) is 5.91 Å². The summed E-state index contributed by atoms with van der Waals surface area (Å²) in [5.74, 6) is 0.926. The van der Waals surface area contributed by atoms with Crippen LogP contribution in [-0.2, 0) is 11.3 Å². The van der Waals surface area contributed by atoms with E-state index in [1.165, 1.54) is 0 Å². The molecule has 1 aromatic carbocycles. The van der Waals surface area contributed by atoms with E-state index in [0.29, 0.717) is 37.0 Å². The van der Waals surface area contributed by atoms with Crippen molar-refractivity contribution in [3.8, 4) is 5.75 Å². The minimum Gasteiger partial charge on any atom is -0.486 e. The fourth-order valence-electron chi connectivity index (χ4n) is 3.00. The first kappa shape index (κ1) is 20.9. The molecular formula is C23H29N3O3. The van der Waals surface area contributed by atoms with Gasteiger partial charge in [-0.3, -0.25) is 4.79 Å². The van der Waals surface area contributed by atoms with Gasteiger partial charge in [-0.2, -0.15) is 0 Å². The molecule has 0 aliphatic rings. The second kappa shape index (κ2) is 10.1. The molecule has 2 heterocycles. The average Bonchev–Trinajstić information content (AvgIpc) is 3.13. The lowest BCUT2D eigenvalue weighted by molar-refractivity contribution is 0.0921. The van der Waals surface area contributed by atoms with Crippen molar-refractivity contribution >= 4 is 11.6 Å². The number of aromatic nitrogens is 2. The zero-order chi connectivity index (χ0) is 20.6. The van der Waals surface area contributed by atoms with E-state index in [4.69, 9.17) is 9.47 Å². The third kappa shape index (κ3) is 5.81. The van der Waals surface area contributed by atoms with Crippen molar-refractivity contribution in [1.29, 1.82) is 0 Å². The molecule has 154 valence electrons. The summed E-state index contributed by atoms with van der Waals surface area (Å²) in [6.45, 7) is 8.52. The van der Waals surface area contributed by atoms with Gasteiger partial charge in [0, 0.05) is 32.2 Å². The molecular weight excluding hydrogens is 366 g/mol. The second-order valence-corrected chi connectivity index (χ2v) is 7.52. The fraction of sp³-hybridized carbons (Fsp3) is 0.391. The van der Waals surface area contributed by atoms with Crippen LogP contribution in [-0.4, -0.2) is 35.1 Å². The number of ether oxygens (including phenoxy) is 2. The minimum atomic E-state index is -0.143. The molecule has 1 N–H and O–H groups in total. The van der Waals surface area contributed by atoms with Gasteiger partial charge in [0.2, 0.25) is 0 Å². The van der Waals surface area contributed by atoms with E-state index < -0.39 is 0 Å². The molecule has 0 aliphatic carbocycles. The molecule has 0 saturated heterocycles. The molecule has 0 fully saturated rings. The largest absolute Gasteiger partial charge is 0.486 e. The Bertz CT molecular complexity index is 949. The first-order valence-corrected chi connectivity index (χ1v) is 10.1. The number of amides is 1. The minimum absolute atomic E-state index is 0.143. The third-order valence-corrected chi connectivity index (χ3v) is 4.44. The third-order valence-electron chi connectivity index (χ3n) is 4.44. The quantitative estimate of drug-likeness (QED) is 0.527. The lowest BCUT2D eigenvalue weighted by atomic mass is 10.2. The van der Waals surface area contributed by atoms with Gasteiger partial charge in [-0.1, -0.05) is 32.0 Å². The van der Waals surface area contributed by atoms with E-state index >= 15 is 0 Å². The van der Waals surface area contributed by atoms with Crippen molar-refractivity contribution in [2.45, 2.75) is 33.8 Å². The van der Waals surface area contributed by atoms with Crippen molar-refractivity contribution in [2.24, 2.45) is 5.92 Å². The molecule has 1 amide bonds. The summed E-state index contributed by atoms with van der Waals surface area (Å²) in [5.41, 5.74) is 3.36. The number of nitrogens with zero attached hydrogens (tertiary/aromatic N) is 2. The molecule has 2 aromatic heterocycles. The molecule has 6 heteroatoms. The number of rotatable bonds is 10. The molecule has 3 aromatic rings. The number of imidazole rings is 1. The molecule has 0 aliphatic heterocycles. The summed E-state index contributed by atoms with van der Waals surface area (Å²) >= 11 is 0. The Morgan fingerprint density at radius 2 is 2.03 bits per heavy atom. The maximum Gasteiger partial charge on any atom is 0.255 e. The number of para-hydroxylation sites is 1. The van der Waals surface area contributed by atoms with Crippen molar-refractivity contribution in [1.82, 2.24) is 14.7 Å². The normalized spacial score (nSPS) is 11.2. The van der Waals surface area contributed by atoms with Crippen molar-refractivity contribution in [3.05, 3.63) is 65.6 Å². The van der Waals surface area contributed by atoms with Crippen LogP contribution in [0.15, 0.2) is 48.8 Å². The SMILES string of the molecule is Cc1cccn2cc(COc3ccccc3C(=O)NCCCOCC(C)C)nc12. The first-order chi connectivity index (χ1) is 14.0. The van der Waals surface area contributed by atoms with Crippen LogP contribution in [0.5, 0.6) is 5.75 Å². The van der Waals surface area contributed by atoms with Gasteiger partial charge < -0.3 is 19.2 Å². The predicted octanol–water partition coefficient (Wildman–Crippen LogP) is 4.01. The fourth-order valence-corrected chi connectivity index (χ4v) is 3.00. The van der Waals surface area contributed by atoms with E-state index in [0.717, 1.165) is 29.9 Å². The van der Waals surface area contributed by atoms with Gasteiger partial charge in [-0.25, -0.2) is 4.98 Å². The maximum absolute atomic E-state index is 12.6. The smallest absolute Gasteiger partial charge is 0.255 e. The first-order valence-electron chi connectivity index (χ1n) is 10.1. The lowest BCUT2D eigenvalue weighted by Crippen LogP contribution is -2.26. The highest BCUT2D eigenvalue weighted by atomic mass is 16.5. The van der Waals surface area contributed by atoms with Gasteiger partial charge in [0.15, 0.2) is 0 Å². The van der Waals surface area contributed by atoms with Crippen molar-refractivity contribution in [3.63, 3.8) is 0 Å². The lowest BCUT2D eigenvalue weighted by Gasteiger charge is -2.11. The van der Waals surface area contributed by atoms with Crippen LogP contribution in [0.3, 0.4) is 0 Å². The van der Waals surface area contributed by atoms with Crippen LogP contribution in [0.4, 0.5) is 0 Å². The molecule has 3 rings (SSSR count). The van der Waals surface area contributed by atoms with Gasteiger partial charge >= 0.3 is 0 Å². The highest BCUT2D eigenvalue weighted by Crippen LogP contribution is 2.20. The number of pyridine rings is 1. The number of fused-ring (bicyclic) bond motifs is 1. The number of hydrogen-bond donors (Lipinski definition) is 1. The van der Waals surface area contributed by atoms with E-state index in [1.807, 2.05) is 54.0 Å². The maximum atomic E-state index is 12.6. The standard InChI is InChI=1S/C23H29N3O3/c1-17(2)15-28-13-7-11-24-23(27)20-9-4-5-10-21(20)29-16-19-14-26-12-6-8-18(3)22(26)25-19/h4-6,8-10,12,14,17H,7,11,13,15-16H2,1-3H3,(H,24,27). The van der Waals surface area contributed by atoms with E-state index in [-0.39, 0.29) is 5.91 Å². The molecule has 0 spiro atoms. The molecule has 6 nitrogen and oxygen atoms in total. The predicted molar refractivity (Wildman–Crippen MR) is 113 cm³/mol. The van der Waals surface area contributed by atoms with Crippen LogP contribution in [0.25, 0.3) is 5.65 Å². The Balaban J connectivity index is 1.55. The summed E-state index contributed by atoms with van der Waals surface area (Å²) in [7, 11) is 0. The van der Waals surface area contributed by atoms with Crippen LogP contribution in [0.1, 0.15) is 41.9 Å². The van der Waals surface area contributed by atoms with E-state index in [9.17, 15) is 4.79 Å². The summed E-state index contributed by atoms with van der Waals surface area (Å²) in [4.78, 5) is 17.2. The molecule has 0 bridgehead atoms. The van der Waals surface area contributed by atoms with Crippen molar-refractivity contribution in [2.75, 3.05) is 19.8 Å².